The normalized spacial score (nSPS) is 17.1. The maximum Gasteiger partial charge on any atom is 0.234 e. The molecule has 1 aromatic carbocycles. The molecule has 1 aliphatic carbocycles. The van der Waals surface area contributed by atoms with Crippen molar-refractivity contribution in [2.24, 2.45) is 0 Å². The van der Waals surface area contributed by atoms with Crippen LogP contribution < -0.4 is 5.32 Å². The number of benzene rings is 1. The van der Waals surface area contributed by atoms with Crippen LogP contribution in [0.25, 0.3) is 0 Å². The summed E-state index contributed by atoms with van der Waals surface area (Å²) in [5, 5.41) is 3.19. The van der Waals surface area contributed by atoms with Gasteiger partial charge in [-0.1, -0.05) is 35.9 Å². The number of carbonyl (C=O) groups is 1. The van der Waals surface area contributed by atoms with Crippen LogP contribution in [0.5, 0.6) is 0 Å². The molecule has 0 bridgehead atoms. The van der Waals surface area contributed by atoms with Crippen LogP contribution in [0, 0.1) is 0 Å². The Morgan fingerprint density at radius 2 is 2.17 bits per heavy atom. The van der Waals surface area contributed by atoms with Crippen molar-refractivity contribution in [2.75, 3.05) is 13.6 Å². The lowest BCUT2D eigenvalue weighted by molar-refractivity contribution is -0.122. The van der Waals surface area contributed by atoms with Crippen LogP contribution in [0.15, 0.2) is 36.4 Å². The van der Waals surface area contributed by atoms with Gasteiger partial charge in [0, 0.05) is 11.4 Å². The quantitative estimate of drug-likeness (QED) is 0.884. The van der Waals surface area contributed by atoms with Gasteiger partial charge in [-0.2, -0.15) is 0 Å². The number of nitrogens with one attached hydrogen (secondary N) is 1. The number of nitrogens with zero attached hydrogens (tertiary/aromatic N) is 1. The summed E-state index contributed by atoms with van der Waals surface area (Å²) in [5.41, 5.74) is 2.64. The number of amides is 1. The predicted molar refractivity (Wildman–Crippen MR) is 95.9 cm³/mol. The molecule has 23 heavy (non-hydrogen) atoms. The summed E-state index contributed by atoms with van der Waals surface area (Å²) in [6, 6.07) is 12.5. The molecule has 0 unspecified atom stereocenters. The minimum atomic E-state index is 0.0804. The highest BCUT2D eigenvalue weighted by Crippen LogP contribution is 2.29. The molecule has 0 saturated heterocycles. The number of likely N-dealkylation sites (N-methyl/N-ethyl adjacent to an activating group) is 1. The summed E-state index contributed by atoms with van der Waals surface area (Å²) in [5.74, 6) is 0.0804. The van der Waals surface area contributed by atoms with Crippen LogP contribution in [0.1, 0.15) is 34.9 Å². The fourth-order valence-corrected chi connectivity index (χ4v) is 4.32. The molecule has 1 amide bonds. The average molecular weight is 349 g/mol. The Balaban J connectivity index is 1.55. The van der Waals surface area contributed by atoms with E-state index in [4.69, 9.17) is 11.6 Å². The van der Waals surface area contributed by atoms with Crippen LogP contribution in [-0.4, -0.2) is 24.4 Å². The minimum absolute atomic E-state index is 0.0804. The fourth-order valence-electron chi connectivity index (χ4n) is 3.15. The fraction of sp³-hybridized carbons (Fsp3) is 0.389. The maximum atomic E-state index is 12.4. The van der Waals surface area contributed by atoms with Crippen LogP contribution in [-0.2, 0) is 17.8 Å². The number of fused-ring (bicyclic) bond motifs is 1. The van der Waals surface area contributed by atoms with Gasteiger partial charge in [-0.3, -0.25) is 9.69 Å². The monoisotopic (exact) mass is 348 g/mol. The SMILES string of the molecule is CN(CC(=O)N[C@H]1CCCc2ccccc21)Cc1ccc(Cl)s1. The number of thiophene rings is 1. The summed E-state index contributed by atoms with van der Waals surface area (Å²) in [6.07, 6.45) is 3.26. The lowest BCUT2D eigenvalue weighted by atomic mass is 9.88. The Labute approximate surface area is 146 Å². The van der Waals surface area contributed by atoms with E-state index in [0.29, 0.717) is 6.54 Å². The third-order valence-electron chi connectivity index (χ3n) is 4.17. The molecule has 122 valence electrons. The van der Waals surface area contributed by atoms with Gasteiger partial charge in [0.05, 0.1) is 16.9 Å². The van der Waals surface area contributed by atoms with E-state index in [9.17, 15) is 4.79 Å². The molecule has 3 rings (SSSR count). The summed E-state index contributed by atoms with van der Waals surface area (Å²) < 4.78 is 0.789. The molecular formula is C18H21ClN2OS. The highest BCUT2D eigenvalue weighted by Gasteiger charge is 2.21. The number of carbonyl (C=O) groups excluding carboxylic acids is 1. The van der Waals surface area contributed by atoms with Gasteiger partial charge in [0.15, 0.2) is 0 Å². The van der Waals surface area contributed by atoms with Gasteiger partial charge >= 0.3 is 0 Å². The number of rotatable bonds is 5. The van der Waals surface area contributed by atoms with Crippen LogP contribution >= 0.6 is 22.9 Å². The first-order valence-corrected chi connectivity index (χ1v) is 9.11. The third kappa shape index (κ3) is 4.34. The zero-order chi connectivity index (χ0) is 16.2. The van der Waals surface area contributed by atoms with Gasteiger partial charge in [0.25, 0.3) is 0 Å². The summed E-state index contributed by atoms with van der Waals surface area (Å²) in [4.78, 5) is 15.5. The molecule has 0 saturated carbocycles. The van der Waals surface area contributed by atoms with Gasteiger partial charge in [-0.05, 0) is 49.6 Å². The van der Waals surface area contributed by atoms with Crippen molar-refractivity contribution in [3.8, 4) is 0 Å². The van der Waals surface area contributed by atoms with E-state index < -0.39 is 0 Å². The van der Waals surface area contributed by atoms with Gasteiger partial charge in [0.1, 0.15) is 0 Å². The largest absolute Gasteiger partial charge is 0.348 e. The minimum Gasteiger partial charge on any atom is -0.348 e. The first-order chi connectivity index (χ1) is 11.1. The van der Waals surface area contributed by atoms with E-state index in [2.05, 4.69) is 29.6 Å². The Hall–Kier alpha value is -1.36. The van der Waals surface area contributed by atoms with Crippen LogP contribution in [0.4, 0.5) is 0 Å². The number of hydrogen-bond acceptors (Lipinski definition) is 3. The number of halogens is 1. The lowest BCUT2D eigenvalue weighted by Crippen LogP contribution is -2.38. The zero-order valence-corrected chi connectivity index (χ0v) is 14.8. The van der Waals surface area contributed by atoms with Crippen molar-refractivity contribution in [1.82, 2.24) is 10.2 Å². The Morgan fingerprint density at radius 3 is 2.96 bits per heavy atom. The Morgan fingerprint density at radius 1 is 1.35 bits per heavy atom. The van der Waals surface area contributed by atoms with Crippen molar-refractivity contribution in [3.05, 3.63) is 56.7 Å². The summed E-state index contributed by atoms with van der Waals surface area (Å²) in [7, 11) is 1.96. The molecule has 0 radical (unpaired) electrons. The van der Waals surface area contributed by atoms with E-state index in [1.54, 1.807) is 11.3 Å². The highest BCUT2D eigenvalue weighted by molar-refractivity contribution is 7.16. The Bertz CT molecular complexity index is 685. The lowest BCUT2D eigenvalue weighted by Gasteiger charge is -2.27. The maximum absolute atomic E-state index is 12.4. The van der Waals surface area contributed by atoms with Crippen molar-refractivity contribution < 1.29 is 4.79 Å². The first kappa shape index (κ1) is 16.5. The van der Waals surface area contributed by atoms with E-state index >= 15 is 0 Å². The third-order valence-corrected chi connectivity index (χ3v) is 5.39. The van der Waals surface area contributed by atoms with E-state index in [-0.39, 0.29) is 11.9 Å². The molecule has 0 fully saturated rings. The zero-order valence-electron chi connectivity index (χ0n) is 13.2. The summed E-state index contributed by atoms with van der Waals surface area (Å²) in [6.45, 7) is 1.14. The molecule has 0 spiro atoms. The Kier molecular flexibility index (Phi) is 5.36. The van der Waals surface area contributed by atoms with Crippen LogP contribution in [0.3, 0.4) is 0 Å². The van der Waals surface area contributed by atoms with Crippen molar-refractivity contribution in [3.63, 3.8) is 0 Å². The van der Waals surface area contributed by atoms with Crippen molar-refractivity contribution >= 4 is 28.8 Å². The molecular weight excluding hydrogens is 328 g/mol. The molecule has 1 aromatic heterocycles. The second-order valence-corrected chi connectivity index (χ2v) is 7.89. The predicted octanol–water partition coefficient (Wildman–Crippen LogP) is 4.03. The van der Waals surface area contributed by atoms with Gasteiger partial charge in [-0.25, -0.2) is 0 Å². The molecule has 1 aliphatic rings. The number of hydrogen-bond donors (Lipinski definition) is 1. The van der Waals surface area contributed by atoms with Gasteiger partial charge in [-0.15, -0.1) is 11.3 Å². The summed E-state index contributed by atoms with van der Waals surface area (Å²) >= 11 is 7.51. The molecule has 3 nitrogen and oxygen atoms in total. The van der Waals surface area contributed by atoms with Crippen molar-refractivity contribution in [1.29, 1.82) is 0 Å². The molecule has 0 aliphatic heterocycles. The second-order valence-electron chi connectivity index (χ2n) is 6.09. The molecule has 1 atom stereocenters. The van der Waals surface area contributed by atoms with Gasteiger partial charge < -0.3 is 5.32 Å². The van der Waals surface area contributed by atoms with Gasteiger partial charge in [0.2, 0.25) is 5.91 Å². The molecule has 5 heteroatoms. The van der Waals surface area contributed by atoms with E-state index in [1.165, 1.54) is 16.0 Å². The highest BCUT2D eigenvalue weighted by atomic mass is 35.5. The number of aryl methyl sites for hydroxylation is 1. The van der Waals surface area contributed by atoms with Crippen molar-refractivity contribution in [2.45, 2.75) is 31.8 Å². The van der Waals surface area contributed by atoms with E-state index in [0.717, 1.165) is 30.1 Å². The topological polar surface area (TPSA) is 32.3 Å². The smallest absolute Gasteiger partial charge is 0.234 e. The average Bonchev–Trinajstić information content (AvgIpc) is 2.92. The molecule has 2 aromatic rings. The van der Waals surface area contributed by atoms with Crippen LogP contribution in [0.2, 0.25) is 4.34 Å². The molecule has 1 heterocycles. The molecule has 1 N–H and O–H groups in total. The second kappa shape index (κ2) is 7.47. The first-order valence-electron chi connectivity index (χ1n) is 7.92. The standard InChI is InChI=1S/C18H21ClN2OS/c1-21(11-14-9-10-17(19)23-14)12-18(22)20-16-8-4-6-13-5-2-3-7-15(13)16/h2-3,5,7,9-10,16H,4,6,8,11-12H2,1H3,(H,20,22)/t16-/m0/s1. The van der Waals surface area contributed by atoms with E-state index in [1.807, 2.05) is 24.1 Å².